The van der Waals surface area contributed by atoms with E-state index in [1.165, 1.54) is 0 Å². The first-order valence-corrected chi connectivity index (χ1v) is 5.84. The molecule has 18 heavy (non-hydrogen) atoms. The Bertz CT molecular complexity index is 360. The minimum absolute atomic E-state index is 0.0384. The molecular formula is C13H18O5. The Balaban J connectivity index is 2.50. The Hall–Kier alpha value is -1.59. The van der Waals surface area contributed by atoms with Crippen molar-refractivity contribution in [1.29, 1.82) is 0 Å². The molecule has 0 radical (unpaired) electrons. The molecule has 0 saturated heterocycles. The SMILES string of the molecule is CCOC(=O)C(O)Cc1ccc(OCCO)cc1. The second kappa shape index (κ2) is 7.68. The molecule has 100 valence electrons. The predicted octanol–water partition coefficient (Wildman–Crippen LogP) is 0.524. The van der Waals surface area contributed by atoms with Gasteiger partial charge < -0.3 is 19.7 Å². The summed E-state index contributed by atoms with van der Waals surface area (Å²) in [7, 11) is 0. The Morgan fingerprint density at radius 1 is 1.33 bits per heavy atom. The largest absolute Gasteiger partial charge is 0.491 e. The number of esters is 1. The lowest BCUT2D eigenvalue weighted by Crippen LogP contribution is -2.25. The first-order chi connectivity index (χ1) is 8.67. The van der Waals surface area contributed by atoms with Crippen molar-refractivity contribution in [2.45, 2.75) is 19.4 Å². The van der Waals surface area contributed by atoms with Crippen molar-refractivity contribution in [3.63, 3.8) is 0 Å². The molecule has 1 aromatic rings. The van der Waals surface area contributed by atoms with E-state index in [4.69, 9.17) is 14.6 Å². The van der Waals surface area contributed by atoms with E-state index >= 15 is 0 Å². The number of carbonyl (C=O) groups excluding carboxylic acids is 1. The third-order valence-corrected chi connectivity index (χ3v) is 2.27. The van der Waals surface area contributed by atoms with Crippen molar-refractivity contribution in [2.75, 3.05) is 19.8 Å². The zero-order chi connectivity index (χ0) is 13.4. The lowest BCUT2D eigenvalue weighted by atomic mass is 10.1. The molecule has 1 unspecified atom stereocenters. The molecule has 1 atom stereocenters. The summed E-state index contributed by atoms with van der Waals surface area (Å²) < 4.78 is 9.91. The Kier molecular flexibility index (Phi) is 6.18. The van der Waals surface area contributed by atoms with E-state index in [9.17, 15) is 9.90 Å². The summed E-state index contributed by atoms with van der Waals surface area (Å²) in [5.41, 5.74) is 0.812. The van der Waals surface area contributed by atoms with Gasteiger partial charge in [-0.25, -0.2) is 4.79 Å². The number of hydrogen-bond donors (Lipinski definition) is 2. The van der Waals surface area contributed by atoms with Gasteiger partial charge in [0.2, 0.25) is 0 Å². The van der Waals surface area contributed by atoms with Crippen LogP contribution in [0.15, 0.2) is 24.3 Å². The molecule has 0 fully saturated rings. The maximum atomic E-state index is 11.2. The molecule has 0 heterocycles. The van der Waals surface area contributed by atoms with Crippen LogP contribution in [0.5, 0.6) is 5.75 Å². The number of carbonyl (C=O) groups is 1. The molecule has 0 aliphatic heterocycles. The molecule has 0 spiro atoms. The van der Waals surface area contributed by atoms with E-state index in [0.29, 0.717) is 5.75 Å². The second-order valence-electron chi connectivity index (χ2n) is 3.69. The van der Waals surface area contributed by atoms with E-state index in [1.807, 2.05) is 0 Å². The van der Waals surface area contributed by atoms with Crippen molar-refractivity contribution in [3.05, 3.63) is 29.8 Å². The zero-order valence-corrected chi connectivity index (χ0v) is 10.3. The molecule has 0 bridgehead atoms. The summed E-state index contributed by atoms with van der Waals surface area (Å²) >= 11 is 0. The van der Waals surface area contributed by atoms with Gasteiger partial charge in [-0.1, -0.05) is 12.1 Å². The zero-order valence-electron chi connectivity index (χ0n) is 10.3. The number of hydrogen-bond acceptors (Lipinski definition) is 5. The average Bonchev–Trinajstić information content (AvgIpc) is 2.38. The highest BCUT2D eigenvalue weighted by Gasteiger charge is 2.16. The molecule has 0 aliphatic carbocycles. The number of aliphatic hydroxyl groups excluding tert-OH is 2. The minimum atomic E-state index is -1.14. The average molecular weight is 254 g/mol. The highest BCUT2D eigenvalue weighted by molar-refractivity contribution is 5.74. The summed E-state index contributed by atoms with van der Waals surface area (Å²) in [5, 5.41) is 18.2. The van der Waals surface area contributed by atoms with Gasteiger partial charge in [-0.05, 0) is 24.6 Å². The first kappa shape index (κ1) is 14.5. The van der Waals surface area contributed by atoms with E-state index in [1.54, 1.807) is 31.2 Å². The minimum Gasteiger partial charge on any atom is -0.491 e. The van der Waals surface area contributed by atoms with Gasteiger partial charge in [-0.3, -0.25) is 0 Å². The van der Waals surface area contributed by atoms with Gasteiger partial charge in [0, 0.05) is 6.42 Å². The number of benzene rings is 1. The van der Waals surface area contributed by atoms with Crippen LogP contribution < -0.4 is 4.74 Å². The highest BCUT2D eigenvalue weighted by atomic mass is 16.5. The fourth-order valence-electron chi connectivity index (χ4n) is 1.43. The summed E-state index contributed by atoms with van der Waals surface area (Å²) in [6, 6.07) is 6.97. The quantitative estimate of drug-likeness (QED) is 0.694. The van der Waals surface area contributed by atoms with Crippen LogP contribution in [0.25, 0.3) is 0 Å². The van der Waals surface area contributed by atoms with Crippen LogP contribution in [0.4, 0.5) is 0 Å². The van der Waals surface area contributed by atoms with Gasteiger partial charge in [0.15, 0.2) is 6.10 Å². The fraction of sp³-hybridized carbons (Fsp3) is 0.462. The van der Waals surface area contributed by atoms with Crippen molar-refractivity contribution in [2.24, 2.45) is 0 Å². The molecule has 5 heteroatoms. The van der Waals surface area contributed by atoms with Crippen LogP contribution in [-0.4, -0.2) is 42.1 Å². The van der Waals surface area contributed by atoms with Gasteiger partial charge in [0.05, 0.1) is 13.2 Å². The Labute approximate surface area is 106 Å². The van der Waals surface area contributed by atoms with Crippen LogP contribution >= 0.6 is 0 Å². The molecule has 0 aromatic heterocycles. The molecule has 1 rings (SSSR count). The monoisotopic (exact) mass is 254 g/mol. The third kappa shape index (κ3) is 4.73. The van der Waals surface area contributed by atoms with E-state index in [-0.39, 0.29) is 26.2 Å². The van der Waals surface area contributed by atoms with Crippen LogP contribution in [0.1, 0.15) is 12.5 Å². The lowest BCUT2D eigenvalue weighted by Gasteiger charge is -2.10. The maximum absolute atomic E-state index is 11.2. The van der Waals surface area contributed by atoms with Crippen LogP contribution in [0, 0.1) is 0 Å². The van der Waals surface area contributed by atoms with Gasteiger partial charge in [0.1, 0.15) is 12.4 Å². The molecule has 0 amide bonds. The van der Waals surface area contributed by atoms with E-state index in [2.05, 4.69) is 0 Å². The maximum Gasteiger partial charge on any atom is 0.335 e. The topological polar surface area (TPSA) is 76.0 Å². The van der Waals surface area contributed by atoms with Crippen LogP contribution in [0.3, 0.4) is 0 Å². The lowest BCUT2D eigenvalue weighted by molar-refractivity contribution is -0.152. The molecule has 0 aliphatic rings. The number of ether oxygens (including phenoxy) is 2. The van der Waals surface area contributed by atoms with E-state index in [0.717, 1.165) is 5.56 Å². The van der Waals surface area contributed by atoms with Crippen molar-refractivity contribution in [3.8, 4) is 5.75 Å². The summed E-state index contributed by atoms with van der Waals surface area (Å²) in [6.07, 6.45) is -0.937. The molecule has 0 saturated carbocycles. The first-order valence-electron chi connectivity index (χ1n) is 5.84. The van der Waals surface area contributed by atoms with Crippen molar-refractivity contribution < 1.29 is 24.5 Å². The second-order valence-corrected chi connectivity index (χ2v) is 3.69. The molecular weight excluding hydrogens is 236 g/mol. The Morgan fingerprint density at radius 3 is 2.56 bits per heavy atom. The highest BCUT2D eigenvalue weighted by Crippen LogP contribution is 2.13. The summed E-state index contributed by atoms with van der Waals surface area (Å²) in [4.78, 5) is 11.2. The van der Waals surface area contributed by atoms with Gasteiger partial charge in [0.25, 0.3) is 0 Å². The van der Waals surface area contributed by atoms with Gasteiger partial charge >= 0.3 is 5.97 Å². The standard InChI is InChI=1S/C13H18O5/c1-2-17-13(16)12(15)9-10-3-5-11(6-4-10)18-8-7-14/h3-6,12,14-15H,2,7-9H2,1H3. The fourth-order valence-corrected chi connectivity index (χ4v) is 1.43. The Morgan fingerprint density at radius 2 is 2.00 bits per heavy atom. The smallest absolute Gasteiger partial charge is 0.335 e. The van der Waals surface area contributed by atoms with Gasteiger partial charge in [-0.15, -0.1) is 0 Å². The molecule has 1 aromatic carbocycles. The van der Waals surface area contributed by atoms with Crippen molar-refractivity contribution in [1.82, 2.24) is 0 Å². The van der Waals surface area contributed by atoms with Gasteiger partial charge in [-0.2, -0.15) is 0 Å². The molecule has 5 nitrogen and oxygen atoms in total. The number of aliphatic hydroxyl groups is 2. The number of rotatable bonds is 7. The normalized spacial score (nSPS) is 11.9. The summed E-state index contributed by atoms with van der Waals surface area (Å²) in [5.74, 6) is 0.0246. The van der Waals surface area contributed by atoms with Crippen LogP contribution in [0.2, 0.25) is 0 Å². The summed E-state index contributed by atoms with van der Waals surface area (Å²) in [6.45, 7) is 2.15. The van der Waals surface area contributed by atoms with Crippen LogP contribution in [-0.2, 0) is 16.0 Å². The third-order valence-electron chi connectivity index (χ3n) is 2.27. The van der Waals surface area contributed by atoms with Crippen molar-refractivity contribution >= 4 is 5.97 Å². The predicted molar refractivity (Wildman–Crippen MR) is 65.4 cm³/mol. The van der Waals surface area contributed by atoms with E-state index < -0.39 is 12.1 Å². The molecule has 2 N–H and O–H groups in total.